The maximum absolute atomic E-state index is 12.8. The van der Waals surface area contributed by atoms with Gasteiger partial charge in [-0.2, -0.15) is 4.98 Å². The minimum Gasteiger partial charge on any atom is -0.338 e. The van der Waals surface area contributed by atoms with Gasteiger partial charge in [-0.3, -0.25) is 19.6 Å². The van der Waals surface area contributed by atoms with E-state index in [1.165, 1.54) is 23.0 Å². The number of carbonyl (C=O) groups is 2. The fourth-order valence-corrected chi connectivity index (χ4v) is 5.41. The number of amides is 3. The van der Waals surface area contributed by atoms with Crippen LogP contribution in [-0.4, -0.2) is 86.5 Å². The number of anilines is 1. The van der Waals surface area contributed by atoms with E-state index in [9.17, 15) is 14.4 Å². The van der Waals surface area contributed by atoms with Crippen molar-refractivity contribution < 1.29 is 9.59 Å². The Morgan fingerprint density at radius 1 is 1.08 bits per heavy atom. The van der Waals surface area contributed by atoms with Crippen molar-refractivity contribution in [1.29, 1.82) is 0 Å². The van der Waals surface area contributed by atoms with E-state index >= 15 is 0 Å². The molecule has 2 atom stereocenters. The Morgan fingerprint density at radius 3 is 2.33 bits per heavy atom. The number of nitrogens with one attached hydrogen (secondary N) is 1. The van der Waals surface area contributed by atoms with Crippen molar-refractivity contribution in [3.05, 3.63) is 52.6 Å². The van der Waals surface area contributed by atoms with Crippen molar-refractivity contribution in [2.24, 2.45) is 11.5 Å². The van der Waals surface area contributed by atoms with Crippen LogP contribution in [0.15, 0.2) is 41.3 Å². The monoisotopic (exact) mass is 538 g/mol. The average molecular weight is 539 g/mol. The number of hydrogen-bond donors (Lipinski definition) is 3. The third kappa shape index (κ3) is 7.23. The first-order chi connectivity index (χ1) is 18.5. The van der Waals surface area contributed by atoms with E-state index in [-0.39, 0.29) is 23.8 Å². The molecule has 0 radical (unpaired) electrons. The Morgan fingerprint density at radius 2 is 1.74 bits per heavy atom. The van der Waals surface area contributed by atoms with Crippen molar-refractivity contribution in [2.45, 2.75) is 70.6 Å². The fourth-order valence-electron chi connectivity index (χ4n) is 5.41. The molecule has 2 aromatic rings. The zero-order chi connectivity index (χ0) is 28.2. The van der Waals surface area contributed by atoms with Gasteiger partial charge in [0, 0.05) is 51.0 Å². The molecule has 2 heterocycles. The van der Waals surface area contributed by atoms with Gasteiger partial charge >= 0.3 is 11.7 Å². The van der Waals surface area contributed by atoms with Gasteiger partial charge in [-0.05, 0) is 63.4 Å². The summed E-state index contributed by atoms with van der Waals surface area (Å²) >= 11 is 0. The molecule has 1 aromatic heterocycles. The molecule has 2 aliphatic rings. The lowest BCUT2D eigenvalue weighted by molar-refractivity contribution is -0.137. The number of nitrogens with zero attached hydrogens (tertiary/aromatic N) is 5. The molecule has 1 aliphatic heterocycles. The van der Waals surface area contributed by atoms with Gasteiger partial charge in [0.25, 0.3) is 0 Å². The molecule has 0 unspecified atom stereocenters. The molecule has 0 bridgehead atoms. The second kappa shape index (κ2) is 12.3. The van der Waals surface area contributed by atoms with Crippen LogP contribution in [0.2, 0.25) is 0 Å². The van der Waals surface area contributed by atoms with Gasteiger partial charge in [0.15, 0.2) is 0 Å². The lowest BCUT2D eigenvalue weighted by Crippen LogP contribution is -2.58. The summed E-state index contributed by atoms with van der Waals surface area (Å²) in [7, 11) is 0. The Hall–Kier alpha value is -3.28. The second-order valence-corrected chi connectivity index (χ2v) is 11.2. The highest BCUT2D eigenvalue weighted by atomic mass is 16.2. The fraction of sp³-hybridized carbons (Fsp3) is 0.571. The van der Waals surface area contributed by atoms with E-state index in [0.717, 1.165) is 25.9 Å². The minimum absolute atomic E-state index is 0.141. The van der Waals surface area contributed by atoms with Gasteiger partial charge in [-0.15, -0.1) is 0 Å². The molecule has 1 aliphatic carbocycles. The third-order valence-electron chi connectivity index (χ3n) is 7.65. The minimum atomic E-state index is -0.946. The lowest BCUT2D eigenvalue weighted by Gasteiger charge is -2.37. The average Bonchev–Trinajstić information content (AvgIpc) is 2.91. The van der Waals surface area contributed by atoms with Crippen LogP contribution in [-0.2, 0) is 11.3 Å². The van der Waals surface area contributed by atoms with Crippen LogP contribution in [0.4, 0.5) is 10.6 Å². The molecule has 1 aromatic carbocycles. The summed E-state index contributed by atoms with van der Waals surface area (Å²) in [6.07, 6.45) is 6.13. The summed E-state index contributed by atoms with van der Waals surface area (Å²) < 4.78 is 1.45. The first kappa shape index (κ1) is 28.7. The van der Waals surface area contributed by atoms with Crippen LogP contribution < -0.4 is 22.5 Å². The highest BCUT2D eigenvalue weighted by Gasteiger charge is 2.31. The van der Waals surface area contributed by atoms with Crippen LogP contribution in [0.1, 0.15) is 52.0 Å². The molecule has 1 saturated heterocycles. The largest absolute Gasteiger partial charge is 0.354 e. The molecule has 2 fully saturated rings. The Kier molecular flexibility index (Phi) is 9.04. The van der Waals surface area contributed by atoms with Gasteiger partial charge in [-0.25, -0.2) is 9.59 Å². The molecule has 1 saturated carbocycles. The number of rotatable bonds is 7. The number of benzene rings is 1. The van der Waals surface area contributed by atoms with E-state index in [4.69, 9.17) is 11.5 Å². The highest BCUT2D eigenvalue weighted by Crippen LogP contribution is 2.24. The molecule has 11 heteroatoms. The summed E-state index contributed by atoms with van der Waals surface area (Å²) in [5.74, 6) is 0.0428. The van der Waals surface area contributed by atoms with E-state index in [1.807, 2.05) is 24.3 Å². The second-order valence-electron chi connectivity index (χ2n) is 11.2. The van der Waals surface area contributed by atoms with Crippen molar-refractivity contribution in [3.63, 3.8) is 0 Å². The van der Waals surface area contributed by atoms with Crippen molar-refractivity contribution in [2.75, 3.05) is 38.0 Å². The molecule has 3 amide bonds. The first-order valence-corrected chi connectivity index (χ1v) is 13.9. The predicted octanol–water partition coefficient (Wildman–Crippen LogP) is 1.74. The van der Waals surface area contributed by atoms with Crippen molar-refractivity contribution in [1.82, 2.24) is 24.3 Å². The van der Waals surface area contributed by atoms with Crippen LogP contribution in [0, 0.1) is 0 Å². The lowest BCUT2D eigenvalue weighted by atomic mass is 9.90. The van der Waals surface area contributed by atoms with E-state index in [0.29, 0.717) is 37.9 Å². The van der Waals surface area contributed by atoms with Gasteiger partial charge in [0.2, 0.25) is 5.91 Å². The summed E-state index contributed by atoms with van der Waals surface area (Å²) in [4.78, 5) is 47.6. The third-order valence-corrected chi connectivity index (χ3v) is 7.65. The normalized spacial score (nSPS) is 20.3. The van der Waals surface area contributed by atoms with E-state index < -0.39 is 11.2 Å². The number of urea groups is 1. The maximum atomic E-state index is 12.8. The van der Waals surface area contributed by atoms with Crippen molar-refractivity contribution >= 4 is 17.8 Å². The zero-order valence-corrected chi connectivity index (χ0v) is 23.3. The quantitative estimate of drug-likeness (QED) is 0.487. The Bertz CT molecular complexity index is 1200. The van der Waals surface area contributed by atoms with E-state index in [1.54, 1.807) is 35.9 Å². The van der Waals surface area contributed by atoms with Crippen LogP contribution >= 0.6 is 0 Å². The van der Waals surface area contributed by atoms with Gasteiger partial charge in [0.05, 0.1) is 11.2 Å². The van der Waals surface area contributed by atoms with Gasteiger partial charge in [-0.1, -0.05) is 25.5 Å². The number of piperazine rings is 1. The van der Waals surface area contributed by atoms with Crippen molar-refractivity contribution in [3.8, 4) is 5.69 Å². The zero-order valence-electron chi connectivity index (χ0n) is 23.3. The summed E-state index contributed by atoms with van der Waals surface area (Å²) in [6, 6.07) is 9.96. The molecule has 0 spiro atoms. The van der Waals surface area contributed by atoms with Crippen LogP contribution in [0.5, 0.6) is 0 Å². The predicted molar refractivity (Wildman–Crippen MR) is 152 cm³/mol. The molecule has 5 N–H and O–H groups in total. The number of carbonyl (C=O) groups excluding carboxylic acids is 2. The molecule has 4 rings (SSSR count). The Balaban J connectivity index is 1.34. The molecular weight excluding hydrogens is 496 g/mol. The first-order valence-electron chi connectivity index (χ1n) is 13.9. The summed E-state index contributed by atoms with van der Waals surface area (Å²) in [5, 5.41) is 2.70. The van der Waals surface area contributed by atoms with Crippen LogP contribution in [0.25, 0.3) is 5.69 Å². The van der Waals surface area contributed by atoms with Gasteiger partial charge in [0.1, 0.15) is 5.82 Å². The van der Waals surface area contributed by atoms with Crippen LogP contribution in [0.3, 0.4) is 0 Å². The number of hydrogen-bond acceptors (Lipinski definition) is 7. The molecule has 212 valence electrons. The molecule has 11 nitrogen and oxygen atoms in total. The summed E-state index contributed by atoms with van der Waals surface area (Å²) in [6.45, 7) is 8.90. The number of nitrogens with two attached hydrogens (primary N) is 2. The Labute approximate surface area is 230 Å². The van der Waals surface area contributed by atoms with E-state index in [2.05, 4.69) is 22.1 Å². The SMILES string of the molecule is CCN(Cc1ccc(-n2ccc(NC(=O)N3CCN(C(=O)C(C)(C)N)CC3)nc2=O)cc1)[C@H]1CCC[C@@H](N)C1. The standard InChI is InChI=1S/C28H42N8O3/c1-4-33(23-7-5-6-21(29)18-23)19-20-8-10-22(11-9-20)36-13-12-24(32-27(36)39)31-26(38)35-16-14-34(15-17-35)25(37)28(2,3)30/h8-13,21,23H,4-7,14-19,29-30H2,1-3H3,(H,31,32,38,39)/t21-,23+/m1/s1. The molecule has 39 heavy (non-hydrogen) atoms. The highest BCUT2D eigenvalue weighted by molar-refractivity contribution is 5.89. The number of aromatic nitrogens is 2. The smallest absolute Gasteiger partial charge is 0.338 e. The topological polar surface area (TPSA) is 143 Å². The van der Waals surface area contributed by atoms with Gasteiger partial charge < -0.3 is 21.3 Å². The summed E-state index contributed by atoms with van der Waals surface area (Å²) in [5.41, 5.74) is 12.6. The maximum Gasteiger partial charge on any atom is 0.354 e. The molecular formula is C28H42N8O3.